The highest BCUT2D eigenvalue weighted by molar-refractivity contribution is 5.77. The van der Waals surface area contributed by atoms with Crippen LogP contribution in [-0.4, -0.2) is 60.6 Å². The lowest BCUT2D eigenvalue weighted by Gasteiger charge is -2.35. The molecule has 1 atom stereocenters. The van der Waals surface area contributed by atoms with E-state index in [1.54, 1.807) is 7.11 Å². The Labute approximate surface area is 226 Å². The Bertz CT molecular complexity index is 963. The molecule has 5 heteroatoms. The lowest BCUT2D eigenvalue weighted by atomic mass is 9.92. The van der Waals surface area contributed by atoms with Gasteiger partial charge in [0, 0.05) is 43.4 Å². The maximum absolute atomic E-state index is 13.8. The van der Waals surface area contributed by atoms with Crippen molar-refractivity contribution in [1.82, 2.24) is 14.7 Å². The molecule has 0 spiro atoms. The largest absolute Gasteiger partial charge is 0.496 e. The van der Waals surface area contributed by atoms with Crippen LogP contribution in [0.1, 0.15) is 90.3 Å². The molecule has 3 aliphatic rings. The number of benzene rings is 1. The summed E-state index contributed by atoms with van der Waals surface area (Å²) in [6.45, 7) is 19.6. The van der Waals surface area contributed by atoms with Gasteiger partial charge in [0.2, 0.25) is 0 Å². The van der Waals surface area contributed by atoms with E-state index >= 15 is 0 Å². The summed E-state index contributed by atoms with van der Waals surface area (Å²) in [6.07, 6.45) is 12.9. The first-order valence-electron chi connectivity index (χ1n) is 14.6. The fourth-order valence-electron chi connectivity index (χ4n) is 5.38. The fourth-order valence-corrected chi connectivity index (χ4v) is 5.38. The third-order valence-corrected chi connectivity index (χ3v) is 7.24. The topological polar surface area (TPSA) is 36.0 Å². The predicted molar refractivity (Wildman–Crippen MR) is 157 cm³/mol. The van der Waals surface area contributed by atoms with Crippen LogP contribution in [0, 0.1) is 0 Å². The van der Waals surface area contributed by atoms with Gasteiger partial charge in [-0.25, -0.2) is 4.79 Å². The normalized spacial score (nSPS) is 19.8. The molecule has 1 saturated heterocycles. The number of likely N-dealkylation sites (N-methyl/N-ethyl adjacent to an activating group) is 1. The van der Waals surface area contributed by atoms with E-state index in [-0.39, 0.29) is 11.9 Å². The number of rotatable bonds is 5. The molecule has 206 valence electrons. The molecule has 1 fully saturated rings. The molecule has 4 rings (SSSR count). The van der Waals surface area contributed by atoms with E-state index in [2.05, 4.69) is 62.1 Å². The second-order valence-corrected chi connectivity index (χ2v) is 9.46. The number of ether oxygens (including phenoxy) is 1. The highest BCUT2D eigenvalue weighted by Crippen LogP contribution is 2.38. The number of urea groups is 1. The number of amides is 2. The first-order chi connectivity index (χ1) is 18.0. The summed E-state index contributed by atoms with van der Waals surface area (Å²) in [4.78, 5) is 20.4. The van der Waals surface area contributed by atoms with Crippen molar-refractivity contribution in [1.29, 1.82) is 0 Å². The van der Waals surface area contributed by atoms with Crippen LogP contribution in [0.3, 0.4) is 0 Å². The molecule has 1 aromatic rings. The number of nitrogens with zero attached hydrogens (tertiary/aromatic N) is 3. The number of carbonyl (C=O) groups is 1. The summed E-state index contributed by atoms with van der Waals surface area (Å²) in [5.74, 6) is 1.15. The van der Waals surface area contributed by atoms with E-state index < -0.39 is 0 Å². The van der Waals surface area contributed by atoms with Gasteiger partial charge in [0.15, 0.2) is 0 Å². The van der Waals surface area contributed by atoms with E-state index in [1.807, 2.05) is 37.5 Å². The number of carbonyl (C=O) groups excluding carboxylic acids is 1. The molecular weight excluding hydrogens is 458 g/mol. The number of allylic oxidation sites excluding steroid dienone is 5. The Hall–Kier alpha value is -2.53. The maximum Gasteiger partial charge on any atom is 0.324 e. The summed E-state index contributed by atoms with van der Waals surface area (Å²) in [5.41, 5.74) is 6.33. The van der Waals surface area contributed by atoms with E-state index in [0.717, 1.165) is 69.9 Å². The summed E-state index contributed by atoms with van der Waals surface area (Å²) in [5, 5.41) is 0. The lowest BCUT2D eigenvalue weighted by molar-refractivity contribution is 0.150. The van der Waals surface area contributed by atoms with Crippen molar-refractivity contribution in [2.24, 2.45) is 0 Å². The SMILES string of the molecule is CC.CC.CCc1cc2c(c(OC)c1)C(C)C=C1CCCN(CC3=CC=CC3)CCN(CC)C(=O)N1C2. The summed E-state index contributed by atoms with van der Waals surface area (Å²) < 4.78 is 5.81. The molecule has 37 heavy (non-hydrogen) atoms. The van der Waals surface area contributed by atoms with E-state index in [1.165, 1.54) is 22.3 Å². The molecular formula is C32H51N3O2. The van der Waals surface area contributed by atoms with Gasteiger partial charge in [-0.3, -0.25) is 9.80 Å². The van der Waals surface area contributed by atoms with Gasteiger partial charge in [0.25, 0.3) is 0 Å². The van der Waals surface area contributed by atoms with Crippen LogP contribution in [-0.2, 0) is 13.0 Å². The molecule has 1 unspecified atom stereocenters. The minimum atomic E-state index is 0.133. The van der Waals surface area contributed by atoms with Crippen molar-refractivity contribution in [3.63, 3.8) is 0 Å². The van der Waals surface area contributed by atoms with Crippen LogP contribution >= 0.6 is 0 Å². The molecule has 5 nitrogen and oxygen atoms in total. The predicted octanol–water partition coefficient (Wildman–Crippen LogP) is 7.54. The first kappa shape index (κ1) is 30.7. The fraction of sp³-hybridized carbons (Fsp3) is 0.594. The number of hydrogen-bond acceptors (Lipinski definition) is 3. The smallest absolute Gasteiger partial charge is 0.324 e. The van der Waals surface area contributed by atoms with E-state index in [4.69, 9.17) is 4.74 Å². The van der Waals surface area contributed by atoms with E-state index in [0.29, 0.717) is 6.54 Å². The maximum atomic E-state index is 13.8. The number of methoxy groups -OCH3 is 1. The third kappa shape index (κ3) is 7.73. The Morgan fingerprint density at radius 1 is 1.05 bits per heavy atom. The van der Waals surface area contributed by atoms with Crippen molar-refractivity contribution >= 4 is 6.03 Å². The zero-order valence-corrected chi connectivity index (χ0v) is 24.8. The molecule has 0 radical (unpaired) electrons. The first-order valence-corrected chi connectivity index (χ1v) is 14.6. The second-order valence-electron chi connectivity index (χ2n) is 9.46. The van der Waals surface area contributed by atoms with Crippen LogP contribution in [0.25, 0.3) is 0 Å². The van der Waals surface area contributed by atoms with Crippen molar-refractivity contribution in [2.45, 2.75) is 86.6 Å². The van der Waals surface area contributed by atoms with Crippen LogP contribution in [0.2, 0.25) is 0 Å². The lowest BCUT2D eigenvalue weighted by Crippen LogP contribution is -2.46. The molecule has 2 heterocycles. The van der Waals surface area contributed by atoms with Crippen LogP contribution in [0.5, 0.6) is 5.75 Å². The van der Waals surface area contributed by atoms with Crippen LogP contribution < -0.4 is 4.74 Å². The Kier molecular flexibility index (Phi) is 13.0. The molecule has 0 N–H and O–H groups in total. The number of fused-ring (bicyclic) bond motifs is 2. The van der Waals surface area contributed by atoms with E-state index in [9.17, 15) is 4.79 Å². The summed E-state index contributed by atoms with van der Waals surface area (Å²) in [6, 6.07) is 4.57. The molecule has 1 aromatic carbocycles. The zero-order valence-electron chi connectivity index (χ0n) is 24.8. The Morgan fingerprint density at radius 2 is 1.81 bits per heavy atom. The second kappa shape index (κ2) is 15.7. The van der Waals surface area contributed by atoms with Crippen molar-refractivity contribution in [3.05, 3.63) is 64.4 Å². The van der Waals surface area contributed by atoms with Gasteiger partial charge in [-0.2, -0.15) is 0 Å². The van der Waals surface area contributed by atoms with Gasteiger partial charge in [0.1, 0.15) is 5.75 Å². The standard InChI is InChI=1S/C28H39N3O2.2C2H6/c1-5-22-17-24-20-31-25(16-21(3)27(24)26(18-22)33-4)12-9-13-29(19-23-10-7-8-11-23)14-15-30(6-2)28(31)32;2*1-2/h7-8,10,16-18,21H,5-6,9,11-15,19-20H2,1-4H3;2*1-2H3. The van der Waals surface area contributed by atoms with Gasteiger partial charge < -0.3 is 9.64 Å². The quantitative estimate of drug-likeness (QED) is 0.411. The zero-order chi connectivity index (χ0) is 27.4. The summed E-state index contributed by atoms with van der Waals surface area (Å²) >= 11 is 0. The van der Waals surface area contributed by atoms with Crippen molar-refractivity contribution in [3.8, 4) is 5.75 Å². The molecule has 0 saturated carbocycles. The van der Waals surface area contributed by atoms with Crippen molar-refractivity contribution in [2.75, 3.05) is 39.8 Å². The monoisotopic (exact) mass is 509 g/mol. The molecule has 0 bridgehead atoms. The van der Waals surface area contributed by atoms with Gasteiger partial charge in [-0.05, 0) is 56.3 Å². The molecule has 2 amide bonds. The minimum absolute atomic E-state index is 0.133. The molecule has 2 aliphatic heterocycles. The van der Waals surface area contributed by atoms with Gasteiger partial charge in [0.05, 0.1) is 13.7 Å². The molecule has 0 aromatic heterocycles. The number of hydrogen-bond donors (Lipinski definition) is 0. The third-order valence-electron chi connectivity index (χ3n) is 7.24. The average Bonchev–Trinajstić information content (AvgIpc) is 3.40. The highest BCUT2D eigenvalue weighted by Gasteiger charge is 2.30. The Morgan fingerprint density at radius 3 is 2.43 bits per heavy atom. The Balaban J connectivity index is 0.00000115. The molecule has 1 aliphatic carbocycles. The highest BCUT2D eigenvalue weighted by atomic mass is 16.5. The number of aryl methyl sites for hydroxylation is 1. The van der Waals surface area contributed by atoms with Gasteiger partial charge >= 0.3 is 6.03 Å². The average molecular weight is 510 g/mol. The van der Waals surface area contributed by atoms with Crippen LogP contribution in [0.15, 0.2) is 47.7 Å². The van der Waals surface area contributed by atoms with Gasteiger partial charge in [-0.1, -0.05) is 77.5 Å². The van der Waals surface area contributed by atoms with Crippen LogP contribution in [0.4, 0.5) is 4.79 Å². The van der Waals surface area contributed by atoms with Crippen molar-refractivity contribution < 1.29 is 9.53 Å². The minimum Gasteiger partial charge on any atom is -0.496 e. The summed E-state index contributed by atoms with van der Waals surface area (Å²) in [7, 11) is 1.76. The van der Waals surface area contributed by atoms with Gasteiger partial charge in [-0.15, -0.1) is 0 Å².